The van der Waals surface area contributed by atoms with Crippen LogP contribution in [0.25, 0.3) is 5.76 Å². The lowest BCUT2D eigenvalue weighted by molar-refractivity contribution is -0.141. The molecule has 3 rings (SSSR count). The second-order valence-corrected chi connectivity index (χ2v) is 4.91. The van der Waals surface area contributed by atoms with Crippen LogP contribution in [0.15, 0.2) is 66.1 Å². The van der Waals surface area contributed by atoms with Crippen molar-refractivity contribution in [2.45, 2.75) is 0 Å². The van der Waals surface area contributed by atoms with Crippen molar-refractivity contribution in [2.75, 3.05) is 5.75 Å². The zero-order valence-electron chi connectivity index (χ0n) is 9.87. The van der Waals surface area contributed by atoms with Gasteiger partial charge in [0.15, 0.2) is 0 Å². The van der Waals surface area contributed by atoms with Gasteiger partial charge in [-0.2, -0.15) is 0 Å². The molecule has 0 fully saturated rings. The van der Waals surface area contributed by atoms with Crippen LogP contribution in [-0.4, -0.2) is 11.5 Å². The Bertz CT molecular complexity index is 585. The second kappa shape index (κ2) is 5.23. The summed E-state index contributed by atoms with van der Waals surface area (Å²) in [7, 11) is 0. The standard InChI is InChI=1S/C16H13OS/c1-3-7-13(8-4-1)15-11-18-12-16(17-15)14-9-5-2-6-10-14/h1-11H,12H2/q+1. The second-order valence-electron chi connectivity index (χ2n) is 4.05. The number of rotatable bonds is 2. The van der Waals surface area contributed by atoms with Crippen LogP contribution in [0.3, 0.4) is 0 Å². The summed E-state index contributed by atoms with van der Waals surface area (Å²) < 4.78 is 6.02. The van der Waals surface area contributed by atoms with Crippen molar-refractivity contribution in [2.24, 2.45) is 0 Å². The molecule has 0 atom stereocenters. The Morgan fingerprint density at radius 3 is 2.06 bits per heavy atom. The van der Waals surface area contributed by atoms with Crippen molar-refractivity contribution >= 4 is 23.3 Å². The van der Waals surface area contributed by atoms with Crippen molar-refractivity contribution in [1.29, 1.82) is 0 Å². The third-order valence-electron chi connectivity index (χ3n) is 2.79. The quantitative estimate of drug-likeness (QED) is 0.732. The first kappa shape index (κ1) is 11.3. The highest BCUT2D eigenvalue weighted by atomic mass is 32.2. The topological polar surface area (TPSA) is 11.3 Å². The lowest BCUT2D eigenvalue weighted by atomic mass is 10.1. The van der Waals surface area contributed by atoms with Crippen LogP contribution < -0.4 is 0 Å². The van der Waals surface area contributed by atoms with Gasteiger partial charge in [0, 0.05) is 0 Å². The molecule has 1 heterocycles. The van der Waals surface area contributed by atoms with Gasteiger partial charge in [-0.15, -0.1) is 11.8 Å². The van der Waals surface area contributed by atoms with Gasteiger partial charge in [0.1, 0.15) is 5.75 Å². The van der Waals surface area contributed by atoms with Gasteiger partial charge < -0.3 is 0 Å². The number of hydrogen-bond donors (Lipinski definition) is 0. The SMILES string of the molecule is C1=C(c2ccccc2)[O+]=C(c2ccccc2)CS1. The van der Waals surface area contributed by atoms with Crippen LogP contribution in [-0.2, 0) is 0 Å². The lowest BCUT2D eigenvalue weighted by Crippen LogP contribution is -2.07. The van der Waals surface area contributed by atoms with Crippen LogP contribution in [0, 0.1) is 0 Å². The van der Waals surface area contributed by atoms with E-state index in [1.165, 1.54) is 0 Å². The van der Waals surface area contributed by atoms with Crippen LogP contribution in [0.4, 0.5) is 0 Å². The highest BCUT2D eigenvalue weighted by molar-refractivity contribution is 8.03. The molecule has 18 heavy (non-hydrogen) atoms. The largest absolute Gasteiger partial charge is 0.366 e. The zero-order valence-corrected chi connectivity index (χ0v) is 10.7. The summed E-state index contributed by atoms with van der Waals surface area (Å²) in [4.78, 5) is 0. The molecule has 1 nitrogen and oxygen atoms in total. The van der Waals surface area contributed by atoms with E-state index >= 15 is 0 Å². The van der Waals surface area contributed by atoms with Crippen molar-refractivity contribution in [3.63, 3.8) is 0 Å². The van der Waals surface area contributed by atoms with E-state index in [1.54, 1.807) is 11.8 Å². The maximum absolute atomic E-state index is 6.02. The van der Waals surface area contributed by atoms with E-state index in [-0.39, 0.29) is 0 Å². The van der Waals surface area contributed by atoms with Crippen molar-refractivity contribution in [1.82, 2.24) is 0 Å². The predicted octanol–water partition coefficient (Wildman–Crippen LogP) is 4.15. The van der Waals surface area contributed by atoms with Gasteiger partial charge in [0.25, 0.3) is 0 Å². The number of hydrogen-bond acceptors (Lipinski definition) is 1. The third kappa shape index (κ3) is 2.39. The molecule has 2 aromatic carbocycles. The van der Waals surface area contributed by atoms with Crippen molar-refractivity contribution in [3.8, 4) is 0 Å². The molecule has 88 valence electrons. The van der Waals surface area contributed by atoms with E-state index < -0.39 is 0 Å². The van der Waals surface area contributed by atoms with Gasteiger partial charge in [0.05, 0.1) is 16.5 Å². The molecule has 0 spiro atoms. The fourth-order valence-electron chi connectivity index (χ4n) is 1.87. The molecule has 0 saturated heterocycles. The van der Waals surface area contributed by atoms with Crippen molar-refractivity contribution < 1.29 is 4.42 Å². The van der Waals surface area contributed by atoms with Crippen LogP contribution in [0.1, 0.15) is 15.6 Å². The third-order valence-corrected chi connectivity index (χ3v) is 3.60. The first-order valence-electron chi connectivity index (χ1n) is 5.90. The normalized spacial score (nSPS) is 14.9. The molecular formula is C16H13OS+. The first-order valence-corrected chi connectivity index (χ1v) is 6.94. The molecule has 0 unspecified atom stereocenters. The highest BCUT2D eigenvalue weighted by Gasteiger charge is 2.24. The predicted molar refractivity (Wildman–Crippen MR) is 77.6 cm³/mol. The number of thioether (sulfide) groups is 1. The van der Waals surface area contributed by atoms with Gasteiger partial charge in [-0.05, 0) is 24.3 Å². The molecule has 0 bridgehead atoms. The molecule has 2 aromatic rings. The maximum atomic E-state index is 6.02. The maximum Gasteiger partial charge on any atom is 0.366 e. The fourth-order valence-corrected chi connectivity index (χ4v) is 2.67. The summed E-state index contributed by atoms with van der Waals surface area (Å²) in [5.74, 6) is 2.85. The van der Waals surface area contributed by atoms with Crippen LogP contribution >= 0.6 is 11.8 Å². The number of carbonyl (C=O) groups excluding carboxylic acids is 1. The summed E-state index contributed by atoms with van der Waals surface area (Å²) in [5, 5.41) is 2.09. The minimum Gasteiger partial charge on any atom is -0.210 e. The smallest absolute Gasteiger partial charge is 0.210 e. The molecule has 0 radical (unpaired) electrons. The Balaban J connectivity index is 1.95. The molecular weight excluding hydrogens is 240 g/mol. The number of ketones is 1. The minimum atomic E-state index is 0.889. The Morgan fingerprint density at radius 1 is 0.778 bits per heavy atom. The molecule has 0 amide bonds. The number of benzene rings is 2. The zero-order chi connectivity index (χ0) is 12.2. The van der Waals surface area contributed by atoms with E-state index in [0.29, 0.717) is 0 Å². The van der Waals surface area contributed by atoms with E-state index in [2.05, 4.69) is 29.7 Å². The minimum absolute atomic E-state index is 0.889. The summed E-state index contributed by atoms with van der Waals surface area (Å²) in [5.41, 5.74) is 2.28. The monoisotopic (exact) mass is 253 g/mol. The van der Waals surface area contributed by atoms with Gasteiger partial charge in [-0.3, -0.25) is 0 Å². The molecule has 1 aliphatic rings. The Kier molecular flexibility index (Phi) is 3.29. The molecule has 1 aliphatic heterocycles. The average Bonchev–Trinajstić information content (AvgIpc) is 2.49. The summed E-state index contributed by atoms with van der Waals surface area (Å²) in [6.45, 7) is 0. The van der Waals surface area contributed by atoms with E-state index in [0.717, 1.165) is 28.4 Å². The van der Waals surface area contributed by atoms with Gasteiger partial charge in [-0.25, -0.2) is 4.42 Å². The van der Waals surface area contributed by atoms with Crippen LogP contribution in [0.2, 0.25) is 0 Å². The summed E-state index contributed by atoms with van der Waals surface area (Å²) >= 11 is 1.78. The van der Waals surface area contributed by atoms with E-state index in [1.807, 2.05) is 36.4 Å². The molecule has 0 saturated carbocycles. The van der Waals surface area contributed by atoms with Gasteiger partial charge in [0.2, 0.25) is 0 Å². The molecule has 2 heteroatoms. The first-order chi connectivity index (χ1) is 8.93. The van der Waals surface area contributed by atoms with Crippen LogP contribution in [0.5, 0.6) is 0 Å². The summed E-state index contributed by atoms with van der Waals surface area (Å²) in [6.07, 6.45) is 0. The van der Waals surface area contributed by atoms with E-state index in [9.17, 15) is 0 Å². The van der Waals surface area contributed by atoms with Gasteiger partial charge >= 0.3 is 11.5 Å². The van der Waals surface area contributed by atoms with Gasteiger partial charge in [-0.1, -0.05) is 36.4 Å². The average molecular weight is 253 g/mol. The Morgan fingerprint density at radius 2 is 1.39 bits per heavy atom. The Labute approximate surface area is 111 Å². The van der Waals surface area contributed by atoms with E-state index in [4.69, 9.17) is 4.42 Å². The molecule has 0 aliphatic carbocycles. The summed E-state index contributed by atoms with van der Waals surface area (Å²) in [6, 6.07) is 20.5. The van der Waals surface area contributed by atoms with Crippen molar-refractivity contribution in [3.05, 3.63) is 77.2 Å². The fraction of sp³-hybridized carbons (Fsp3) is 0.0625. The Hall–Kier alpha value is -1.80. The highest BCUT2D eigenvalue weighted by Crippen LogP contribution is 2.25. The lowest BCUT2D eigenvalue weighted by Gasteiger charge is -2.01. The molecule has 0 N–H and O–H groups in total. The molecule has 0 aromatic heterocycles.